The van der Waals surface area contributed by atoms with Crippen LogP contribution in [0, 0.1) is 83.5 Å². The van der Waals surface area contributed by atoms with Crippen molar-refractivity contribution in [3.8, 4) is 24.3 Å². The number of allylic oxidation sites excluding steroid dienone is 7. The van der Waals surface area contributed by atoms with Gasteiger partial charge in [0.05, 0.1) is 37.4 Å². The molecule has 0 fully saturated rings. The minimum atomic E-state index is -1.14. The molecule has 2 aliphatic rings. The Morgan fingerprint density at radius 1 is 0.636 bits per heavy atom. The molecule has 10 nitrogen and oxygen atoms in total. The second-order valence-electron chi connectivity index (χ2n) is 8.80. The van der Waals surface area contributed by atoms with Gasteiger partial charge in [0.2, 0.25) is 11.6 Å². The van der Waals surface area contributed by atoms with Gasteiger partial charge in [-0.3, -0.25) is 0 Å². The summed E-state index contributed by atoms with van der Waals surface area (Å²) in [5.41, 5.74) is -2.40. The zero-order valence-electron chi connectivity index (χ0n) is 21.7. The van der Waals surface area contributed by atoms with Gasteiger partial charge in [-0.25, -0.2) is 30.0 Å². The van der Waals surface area contributed by atoms with E-state index in [9.17, 15) is 15.8 Å². The molecule has 12 heteroatoms. The first-order valence-corrected chi connectivity index (χ1v) is 11.9. The van der Waals surface area contributed by atoms with Crippen molar-refractivity contribution in [2.45, 2.75) is 0 Å². The van der Waals surface area contributed by atoms with Crippen LogP contribution in [0.1, 0.15) is 39.1 Å². The fraction of sp³-hybridized carbons (Fsp3) is 0. The van der Waals surface area contributed by atoms with Gasteiger partial charge in [-0.15, -0.1) is 0 Å². The summed E-state index contributed by atoms with van der Waals surface area (Å²) in [5.74, 6) is -2.53. The molecule has 2 aromatic heterocycles. The van der Waals surface area contributed by atoms with E-state index < -0.39 is 23.3 Å². The standard InChI is InChI=1S/C32H6F2N10/c1-39-23(13-37)27-19-10-20-21(9-18(19)22(12-36)26(27)16-6-5-15(11-35)43-31(16)33)30(42-4)29(28(20)24(14-38)40-2)17-7-8-25(41-3)44-32(17)34/h5-10H/b27-23+,28-24-. The molecule has 0 saturated heterocycles. The number of aromatic nitrogens is 2. The highest BCUT2D eigenvalue weighted by Crippen LogP contribution is 2.55. The summed E-state index contributed by atoms with van der Waals surface area (Å²) in [6, 6.07) is 14.7. The Balaban J connectivity index is 1.94. The van der Waals surface area contributed by atoms with Crippen molar-refractivity contribution in [3.63, 3.8) is 0 Å². The van der Waals surface area contributed by atoms with Crippen molar-refractivity contribution in [2.75, 3.05) is 0 Å². The molecule has 3 aromatic rings. The van der Waals surface area contributed by atoms with Crippen LogP contribution in [-0.2, 0) is 0 Å². The fourth-order valence-electron chi connectivity index (χ4n) is 5.08. The van der Waals surface area contributed by atoms with E-state index in [2.05, 4.69) is 29.3 Å². The minimum Gasteiger partial charge on any atom is -0.361 e. The van der Waals surface area contributed by atoms with E-state index in [1.165, 1.54) is 36.4 Å². The van der Waals surface area contributed by atoms with Gasteiger partial charge in [0, 0.05) is 22.3 Å². The van der Waals surface area contributed by atoms with E-state index in [0.717, 1.165) is 0 Å². The molecule has 198 valence electrons. The molecular formula is C32H6F2N10. The maximum absolute atomic E-state index is 15.2. The molecule has 0 aliphatic heterocycles. The van der Waals surface area contributed by atoms with Gasteiger partial charge in [0.15, 0.2) is 0 Å². The van der Waals surface area contributed by atoms with Crippen LogP contribution >= 0.6 is 0 Å². The number of rotatable bonds is 2. The molecule has 2 aliphatic carbocycles. The topological polar surface area (TPSA) is 138 Å². The van der Waals surface area contributed by atoms with Gasteiger partial charge < -0.3 is 4.85 Å². The molecule has 0 spiro atoms. The van der Waals surface area contributed by atoms with Crippen molar-refractivity contribution in [1.29, 1.82) is 21.0 Å². The Morgan fingerprint density at radius 3 is 1.73 bits per heavy atom. The zero-order valence-corrected chi connectivity index (χ0v) is 21.7. The first-order chi connectivity index (χ1) is 21.3. The van der Waals surface area contributed by atoms with Crippen LogP contribution in [0.4, 0.5) is 14.6 Å². The molecule has 0 saturated carbocycles. The Bertz CT molecular complexity index is 2190. The van der Waals surface area contributed by atoms with Crippen molar-refractivity contribution >= 4 is 39.4 Å². The third kappa shape index (κ3) is 3.93. The second kappa shape index (κ2) is 10.7. The molecule has 0 unspecified atom stereocenters. The van der Waals surface area contributed by atoms with Gasteiger partial charge in [0.1, 0.15) is 17.8 Å². The number of pyridine rings is 2. The number of benzene rings is 1. The highest BCUT2D eigenvalue weighted by atomic mass is 19.1. The lowest BCUT2D eigenvalue weighted by molar-refractivity contribution is 0.579. The maximum atomic E-state index is 15.2. The highest BCUT2D eigenvalue weighted by molar-refractivity contribution is 6.29. The van der Waals surface area contributed by atoms with E-state index in [1.807, 2.05) is 6.07 Å². The number of halogens is 2. The number of hydrogen-bond acceptors (Lipinski definition) is 6. The van der Waals surface area contributed by atoms with Gasteiger partial charge in [-0.2, -0.15) is 19.3 Å². The van der Waals surface area contributed by atoms with E-state index in [0.29, 0.717) is 0 Å². The van der Waals surface area contributed by atoms with Gasteiger partial charge >= 0.3 is 5.95 Å². The first kappa shape index (κ1) is 27.8. The third-order valence-electron chi connectivity index (χ3n) is 6.79. The van der Waals surface area contributed by atoms with Gasteiger partial charge in [0.25, 0.3) is 17.2 Å². The second-order valence-corrected chi connectivity index (χ2v) is 8.80. The summed E-state index contributed by atoms with van der Waals surface area (Å²) in [7, 11) is 0. The SMILES string of the molecule is [C-]#[N+]C1=C(c2ccc([N+]#[C-])nc2F)/C(=C(/C#N)[N+]#[C-])c2cc3c(cc21)C(C#N)=C(c1ccc(C#N)nc1F)/C3=C(\C#N)[N+]#[C-]. The Kier molecular flexibility index (Phi) is 6.75. The number of nitriles is 4. The Labute approximate surface area is 247 Å². The molecule has 0 amide bonds. The number of nitrogens with zero attached hydrogens (tertiary/aromatic N) is 10. The van der Waals surface area contributed by atoms with Gasteiger partial charge in [-0.1, -0.05) is 23.7 Å². The summed E-state index contributed by atoms with van der Waals surface area (Å²) in [6.07, 6.45) is 0. The lowest BCUT2D eigenvalue weighted by Crippen LogP contribution is -1.98. The molecule has 0 bridgehead atoms. The van der Waals surface area contributed by atoms with Crippen molar-refractivity contribution < 1.29 is 8.78 Å². The summed E-state index contributed by atoms with van der Waals surface area (Å²) >= 11 is 0. The summed E-state index contributed by atoms with van der Waals surface area (Å²) in [4.78, 5) is 20.4. The smallest absolute Gasteiger partial charge is 0.308 e. The normalized spacial score (nSPS) is 14.8. The van der Waals surface area contributed by atoms with Crippen LogP contribution in [0.2, 0.25) is 0 Å². The van der Waals surface area contributed by atoms with Crippen LogP contribution in [0.3, 0.4) is 0 Å². The Morgan fingerprint density at radius 2 is 1.20 bits per heavy atom. The van der Waals surface area contributed by atoms with E-state index in [-0.39, 0.29) is 78.5 Å². The maximum Gasteiger partial charge on any atom is 0.308 e. The molecule has 1 aromatic carbocycles. The molecule has 0 radical (unpaired) electrons. The molecule has 0 N–H and O–H groups in total. The lowest BCUT2D eigenvalue weighted by atomic mass is 9.91. The molecule has 5 rings (SSSR count). The van der Waals surface area contributed by atoms with Crippen molar-refractivity contribution in [3.05, 3.63) is 144 Å². The van der Waals surface area contributed by atoms with Crippen molar-refractivity contribution in [1.82, 2.24) is 9.97 Å². The summed E-state index contributed by atoms with van der Waals surface area (Å²) in [5, 5.41) is 39.1. The largest absolute Gasteiger partial charge is 0.361 e. The average molecular weight is 568 g/mol. The lowest BCUT2D eigenvalue weighted by Gasteiger charge is -2.12. The van der Waals surface area contributed by atoms with E-state index >= 15 is 8.78 Å². The average Bonchev–Trinajstić information content (AvgIpc) is 3.52. The van der Waals surface area contributed by atoms with E-state index in [1.54, 1.807) is 18.2 Å². The summed E-state index contributed by atoms with van der Waals surface area (Å²) < 4.78 is 30.5. The molecule has 44 heavy (non-hydrogen) atoms. The minimum absolute atomic E-state index is 0.0823. The number of fused-ring (bicyclic) bond motifs is 2. The zero-order chi connectivity index (χ0) is 31.7. The van der Waals surface area contributed by atoms with Crippen LogP contribution in [0.25, 0.3) is 52.9 Å². The third-order valence-corrected chi connectivity index (χ3v) is 6.79. The van der Waals surface area contributed by atoms with Gasteiger partial charge in [-0.05, 0) is 57.7 Å². The van der Waals surface area contributed by atoms with Crippen LogP contribution in [-0.4, -0.2) is 9.97 Å². The van der Waals surface area contributed by atoms with Crippen molar-refractivity contribution in [2.24, 2.45) is 0 Å². The predicted octanol–water partition coefficient (Wildman–Crippen LogP) is 6.73. The Hall–Kier alpha value is -7.74. The summed E-state index contributed by atoms with van der Waals surface area (Å²) in [6.45, 7) is 30.3. The number of hydrogen-bond donors (Lipinski definition) is 0. The first-order valence-electron chi connectivity index (χ1n) is 11.9. The molecule has 2 heterocycles. The monoisotopic (exact) mass is 568 g/mol. The van der Waals surface area contributed by atoms with E-state index in [4.69, 9.17) is 31.6 Å². The van der Waals surface area contributed by atoms with Crippen LogP contribution in [0.15, 0.2) is 47.8 Å². The molecular weight excluding hydrogens is 562 g/mol. The molecule has 0 atom stereocenters. The quantitative estimate of drug-likeness (QED) is 0.191. The predicted molar refractivity (Wildman–Crippen MR) is 150 cm³/mol. The highest BCUT2D eigenvalue weighted by Gasteiger charge is 2.38. The van der Waals surface area contributed by atoms with Crippen LogP contribution in [0.5, 0.6) is 0 Å². The fourth-order valence-corrected chi connectivity index (χ4v) is 5.08. The van der Waals surface area contributed by atoms with Crippen LogP contribution < -0.4 is 0 Å².